The van der Waals surface area contributed by atoms with Gasteiger partial charge in [-0.2, -0.15) is 0 Å². The van der Waals surface area contributed by atoms with Crippen molar-refractivity contribution in [2.75, 3.05) is 17.2 Å². The summed E-state index contributed by atoms with van der Waals surface area (Å²) >= 11 is 0. The maximum Gasteiger partial charge on any atom is 0.277 e. The minimum absolute atomic E-state index is 0.254. The number of hydrogen-bond donors (Lipinski definition) is 2. The van der Waals surface area contributed by atoms with Crippen LogP contribution in [0.4, 0.5) is 11.6 Å². The molecule has 0 aliphatic heterocycles. The van der Waals surface area contributed by atoms with Gasteiger partial charge in [0.25, 0.3) is 5.91 Å². The van der Waals surface area contributed by atoms with E-state index in [0.29, 0.717) is 11.6 Å². The number of nitrogens with zero attached hydrogens (tertiary/aromatic N) is 3. The maximum absolute atomic E-state index is 11.9. The predicted octanol–water partition coefficient (Wildman–Crippen LogP) is 1.86. The molecule has 2 rings (SSSR count). The number of anilines is 2. The second kappa shape index (κ2) is 5.90. The van der Waals surface area contributed by atoms with E-state index in [1.165, 1.54) is 0 Å². The van der Waals surface area contributed by atoms with E-state index in [2.05, 4.69) is 25.8 Å². The van der Waals surface area contributed by atoms with Gasteiger partial charge in [0.05, 0.1) is 0 Å². The van der Waals surface area contributed by atoms with Gasteiger partial charge in [-0.1, -0.05) is 6.07 Å². The zero-order valence-electron chi connectivity index (χ0n) is 10.8. The van der Waals surface area contributed by atoms with Crippen LogP contribution >= 0.6 is 0 Å². The molecule has 0 saturated carbocycles. The molecule has 0 saturated heterocycles. The van der Waals surface area contributed by atoms with Crippen molar-refractivity contribution in [3.05, 3.63) is 41.7 Å². The highest BCUT2D eigenvalue weighted by Crippen LogP contribution is 2.07. The Bertz CT molecular complexity index is 550. The fraction of sp³-hybridized carbons (Fsp3) is 0.231. The number of pyridine rings is 1. The van der Waals surface area contributed by atoms with Crippen LogP contribution in [0.25, 0.3) is 0 Å². The van der Waals surface area contributed by atoms with Crippen molar-refractivity contribution in [2.45, 2.75) is 13.8 Å². The average molecular weight is 257 g/mol. The molecule has 0 bridgehead atoms. The van der Waals surface area contributed by atoms with E-state index in [1.807, 2.05) is 19.9 Å². The van der Waals surface area contributed by atoms with E-state index in [1.54, 1.807) is 24.4 Å². The number of aromatic nitrogens is 3. The minimum Gasteiger partial charge on any atom is -0.369 e. The molecule has 0 fully saturated rings. The lowest BCUT2D eigenvalue weighted by atomic mass is 10.3. The molecular formula is C13H15N5O. The molecule has 0 aliphatic rings. The molecule has 0 unspecified atom stereocenters. The first kappa shape index (κ1) is 12.9. The van der Waals surface area contributed by atoms with Gasteiger partial charge in [0.15, 0.2) is 5.69 Å². The summed E-state index contributed by atoms with van der Waals surface area (Å²) in [6, 6.07) is 6.96. The van der Waals surface area contributed by atoms with E-state index in [0.717, 1.165) is 12.1 Å². The van der Waals surface area contributed by atoms with Gasteiger partial charge >= 0.3 is 0 Å². The number of nitrogens with one attached hydrogen (secondary N) is 2. The van der Waals surface area contributed by atoms with Crippen LogP contribution < -0.4 is 10.6 Å². The highest BCUT2D eigenvalue weighted by molar-refractivity contribution is 6.02. The highest BCUT2D eigenvalue weighted by Gasteiger charge is 2.08. The van der Waals surface area contributed by atoms with Crippen LogP contribution in [0.3, 0.4) is 0 Å². The summed E-state index contributed by atoms with van der Waals surface area (Å²) in [5, 5.41) is 13.4. The van der Waals surface area contributed by atoms with E-state index >= 15 is 0 Å². The molecule has 6 nitrogen and oxygen atoms in total. The number of carbonyl (C=O) groups excluding carboxylic acids is 1. The molecule has 19 heavy (non-hydrogen) atoms. The zero-order valence-corrected chi connectivity index (χ0v) is 10.8. The van der Waals surface area contributed by atoms with Gasteiger partial charge in [-0.3, -0.25) is 4.79 Å². The molecule has 0 spiro atoms. The van der Waals surface area contributed by atoms with Crippen molar-refractivity contribution in [3.8, 4) is 0 Å². The Kier molecular flexibility index (Phi) is 4.02. The van der Waals surface area contributed by atoms with Gasteiger partial charge in [-0.25, -0.2) is 4.98 Å². The van der Waals surface area contributed by atoms with Gasteiger partial charge in [0.2, 0.25) is 0 Å². The molecule has 1 amide bonds. The van der Waals surface area contributed by atoms with Crippen LogP contribution in [0.1, 0.15) is 23.0 Å². The summed E-state index contributed by atoms with van der Waals surface area (Å²) in [6.07, 6.45) is 1.69. The third-order valence-electron chi connectivity index (χ3n) is 2.41. The van der Waals surface area contributed by atoms with Crippen molar-refractivity contribution in [3.63, 3.8) is 0 Å². The lowest BCUT2D eigenvalue weighted by Gasteiger charge is -2.04. The van der Waals surface area contributed by atoms with Crippen molar-refractivity contribution in [1.82, 2.24) is 15.2 Å². The van der Waals surface area contributed by atoms with Crippen LogP contribution in [0, 0.1) is 6.92 Å². The Morgan fingerprint density at radius 1 is 1.16 bits per heavy atom. The first-order valence-electron chi connectivity index (χ1n) is 6.00. The molecule has 2 N–H and O–H groups in total. The third kappa shape index (κ3) is 3.48. The number of carbonyl (C=O) groups is 1. The fourth-order valence-corrected chi connectivity index (χ4v) is 1.45. The lowest BCUT2D eigenvalue weighted by Crippen LogP contribution is -2.15. The van der Waals surface area contributed by atoms with Crippen molar-refractivity contribution < 1.29 is 4.79 Å². The number of hydrogen-bond acceptors (Lipinski definition) is 5. The molecule has 2 aromatic rings. The summed E-state index contributed by atoms with van der Waals surface area (Å²) in [4.78, 5) is 16.0. The average Bonchev–Trinajstić information content (AvgIpc) is 2.42. The van der Waals surface area contributed by atoms with E-state index < -0.39 is 0 Å². The predicted molar refractivity (Wildman–Crippen MR) is 73.1 cm³/mol. The SMILES string of the molecule is CCNc1ccc(C(=O)Nc2ccc(C)cn2)nn1. The smallest absolute Gasteiger partial charge is 0.277 e. The van der Waals surface area contributed by atoms with E-state index in [9.17, 15) is 4.79 Å². The Labute approximate surface area is 111 Å². The van der Waals surface area contributed by atoms with E-state index in [4.69, 9.17) is 0 Å². The molecular weight excluding hydrogens is 242 g/mol. The second-order valence-corrected chi connectivity index (χ2v) is 4.01. The van der Waals surface area contributed by atoms with Crippen molar-refractivity contribution in [1.29, 1.82) is 0 Å². The summed E-state index contributed by atoms with van der Waals surface area (Å²) in [6.45, 7) is 4.66. The number of amides is 1. The van der Waals surface area contributed by atoms with Gasteiger partial charge in [0.1, 0.15) is 11.6 Å². The Hall–Kier alpha value is -2.50. The maximum atomic E-state index is 11.9. The first-order chi connectivity index (χ1) is 9.19. The molecule has 2 aromatic heterocycles. The third-order valence-corrected chi connectivity index (χ3v) is 2.41. The molecule has 6 heteroatoms. The molecule has 2 heterocycles. The van der Waals surface area contributed by atoms with Gasteiger partial charge < -0.3 is 10.6 Å². The quantitative estimate of drug-likeness (QED) is 0.874. The molecule has 0 aliphatic carbocycles. The zero-order chi connectivity index (χ0) is 13.7. The summed E-state index contributed by atoms with van der Waals surface area (Å²) in [5.74, 6) is 0.813. The standard InChI is InChI=1S/C13H15N5O/c1-3-14-12-7-5-10(17-18-12)13(19)16-11-6-4-9(2)8-15-11/h4-8H,3H2,1-2H3,(H,14,18)(H,15,16,19). The lowest BCUT2D eigenvalue weighted by molar-refractivity contribution is 0.102. The monoisotopic (exact) mass is 257 g/mol. The highest BCUT2D eigenvalue weighted by atomic mass is 16.2. The minimum atomic E-state index is -0.327. The summed E-state index contributed by atoms with van der Waals surface area (Å²) < 4.78 is 0. The van der Waals surface area contributed by atoms with Gasteiger partial charge in [0, 0.05) is 12.7 Å². The topological polar surface area (TPSA) is 79.8 Å². The summed E-state index contributed by atoms with van der Waals surface area (Å²) in [5.41, 5.74) is 1.29. The van der Waals surface area contributed by atoms with Crippen LogP contribution in [-0.2, 0) is 0 Å². The normalized spacial score (nSPS) is 10.0. The molecule has 0 radical (unpaired) electrons. The Balaban J connectivity index is 2.05. The van der Waals surface area contributed by atoms with Crippen molar-refractivity contribution in [2.24, 2.45) is 0 Å². The molecule has 98 valence electrons. The van der Waals surface area contributed by atoms with Crippen LogP contribution in [-0.4, -0.2) is 27.6 Å². The Morgan fingerprint density at radius 2 is 1.95 bits per heavy atom. The van der Waals surface area contributed by atoms with Gasteiger partial charge in [-0.05, 0) is 37.6 Å². The van der Waals surface area contributed by atoms with Crippen LogP contribution in [0.15, 0.2) is 30.5 Å². The Morgan fingerprint density at radius 3 is 2.53 bits per heavy atom. The largest absolute Gasteiger partial charge is 0.369 e. The first-order valence-corrected chi connectivity index (χ1v) is 6.00. The van der Waals surface area contributed by atoms with Gasteiger partial charge in [-0.15, -0.1) is 10.2 Å². The van der Waals surface area contributed by atoms with Crippen molar-refractivity contribution >= 4 is 17.5 Å². The fourth-order valence-electron chi connectivity index (χ4n) is 1.45. The van der Waals surface area contributed by atoms with Crippen LogP contribution in [0.2, 0.25) is 0 Å². The number of rotatable bonds is 4. The molecule has 0 aromatic carbocycles. The van der Waals surface area contributed by atoms with E-state index in [-0.39, 0.29) is 11.6 Å². The molecule has 0 atom stereocenters. The second-order valence-electron chi connectivity index (χ2n) is 4.01. The summed E-state index contributed by atoms with van der Waals surface area (Å²) in [7, 11) is 0. The number of aryl methyl sites for hydroxylation is 1. The van der Waals surface area contributed by atoms with Crippen LogP contribution in [0.5, 0.6) is 0 Å².